The monoisotopic (exact) mass is 362 g/mol. The standard InChI is InChI=1S/C21H18N2O4/c1-2-27-21(24)19-13-12-18(16-6-4-3-5-7-16)20(22-19)14-15-8-10-17(11-9-15)23(25)26/h3-13H,2,14H2,1H3. The lowest BCUT2D eigenvalue weighted by Crippen LogP contribution is -2.09. The third-order valence-electron chi connectivity index (χ3n) is 4.06. The van der Waals surface area contributed by atoms with Gasteiger partial charge in [-0.1, -0.05) is 48.5 Å². The van der Waals surface area contributed by atoms with Crippen molar-refractivity contribution in [1.82, 2.24) is 4.98 Å². The van der Waals surface area contributed by atoms with Crippen LogP contribution in [0.5, 0.6) is 0 Å². The second kappa shape index (κ2) is 8.23. The van der Waals surface area contributed by atoms with Gasteiger partial charge in [-0.25, -0.2) is 9.78 Å². The van der Waals surface area contributed by atoms with Crippen LogP contribution in [0.3, 0.4) is 0 Å². The summed E-state index contributed by atoms with van der Waals surface area (Å²) in [6.07, 6.45) is 0.440. The van der Waals surface area contributed by atoms with E-state index in [1.807, 2.05) is 36.4 Å². The minimum atomic E-state index is -0.470. The van der Waals surface area contributed by atoms with Gasteiger partial charge in [0.25, 0.3) is 5.69 Å². The molecule has 0 amide bonds. The molecule has 0 N–H and O–H groups in total. The molecule has 3 rings (SSSR count). The number of hydrogen-bond acceptors (Lipinski definition) is 5. The molecule has 3 aromatic rings. The van der Waals surface area contributed by atoms with Crippen molar-refractivity contribution < 1.29 is 14.5 Å². The van der Waals surface area contributed by atoms with E-state index in [0.29, 0.717) is 12.1 Å². The predicted molar refractivity (Wildman–Crippen MR) is 102 cm³/mol. The molecule has 27 heavy (non-hydrogen) atoms. The molecule has 6 heteroatoms. The van der Waals surface area contributed by atoms with Crippen molar-refractivity contribution >= 4 is 11.7 Å². The maximum atomic E-state index is 12.1. The molecule has 0 atom stereocenters. The highest BCUT2D eigenvalue weighted by atomic mass is 16.6. The third-order valence-corrected chi connectivity index (χ3v) is 4.06. The molecule has 0 saturated heterocycles. The number of hydrogen-bond donors (Lipinski definition) is 0. The fourth-order valence-corrected chi connectivity index (χ4v) is 2.76. The summed E-state index contributed by atoms with van der Waals surface area (Å²) in [5.41, 5.74) is 3.75. The SMILES string of the molecule is CCOC(=O)c1ccc(-c2ccccc2)c(Cc2ccc([N+](=O)[O-])cc2)n1. The number of nitrogens with zero attached hydrogens (tertiary/aromatic N) is 2. The number of non-ortho nitro benzene ring substituents is 1. The van der Waals surface area contributed by atoms with Crippen molar-refractivity contribution in [2.75, 3.05) is 6.61 Å². The van der Waals surface area contributed by atoms with Gasteiger partial charge < -0.3 is 4.74 Å². The normalized spacial score (nSPS) is 10.4. The summed E-state index contributed by atoms with van der Waals surface area (Å²) in [5.74, 6) is -0.470. The van der Waals surface area contributed by atoms with Crippen LogP contribution in [0.2, 0.25) is 0 Å². The average molecular weight is 362 g/mol. The van der Waals surface area contributed by atoms with Crippen molar-refractivity contribution in [2.45, 2.75) is 13.3 Å². The smallest absolute Gasteiger partial charge is 0.356 e. The first-order valence-electron chi connectivity index (χ1n) is 8.54. The molecule has 0 saturated carbocycles. The number of esters is 1. The number of carbonyl (C=O) groups excluding carboxylic acids is 1. The molecule has 0 aliphatic rings. The lowest BCUT2D eigenvalue weighted by Gasteiger charge is -2.11. The highest BCUT2D eigenvalue weighted by molar-refractivity contribution is 5.88. The van der Waals surface area contributed by atoms with E-state index < -0.39 is 10.9 Å². The van der Waals surface area contributed by atoms with Gasteiger partial charge in [-0.3, -0.25) is 10.1 Å². The molecule has 1 aromatic heterocycles. The second-order valence-corrected chi connectivity index (χ2v) is 5.88. The molecule has 0 spiro atoms. The predicted octanol–water partition coefficient (Wildman–Crippen LogP) is 4.42. The summed E-state index contributed by atoms with van der Waals surface area (Å²) in [5, 5.41) is 10.8. The van der Waals surface area contributed by atoms with Crippen LogP contribution in [0.4, 0.5) is 5.69 Å². The van der Waals surface area contributed by atoms with Crippen LogP contribution in [0.15, 0.2) is 66.7 Å². The summed E-state index contributed by atoms with van der Waals surface area (Å²) >= 11 is 0. The molecule has 0 bridgehead atoms. The van der Waals surface area contributed by atoms with E-state index in [9.17, 15) is 14.9 Å². The third kappa shape index (κ3) is 4.36. The summed E-state index contributed by atoms with van der Waals surface area (Å²) in [6, 6.07) is 19.6. The molecule has 0 aliphatic carbocycles. The number of nitro benzene ring substituents is 1. The Morgan fingerprint density at radius 2 is 1.74 bits per heavy atom. The average Bonchev–Trinajstić information content (AvgIpc) is 2.69. The highest BCUT2D eigenvalue weighted by Gasteiger charge is 2.14. The summed E-state index contributed by atoms with van der Waals surface area (Å²) in [7, 11) is 0. The molecule has 2 aromatic carbocycles. The van der Waals surface area contributed by atoms with E-state index in [-0.39, 0.29) is 18.0 Å². The quantitative estimate of drug-likeness (QED) is 0.368. The van der Waals surface area contributed by atoms with E-state index in [1.165, 1.54) is 12.1 Å². The van der Waals surface area contributed by atoms with E-state index in [2.05, 4.69) is 4.98 Å². The van der Waals surface area contributed by atoms with Crippen molar-refractivity contribution in [3.63, 3.8) is 0 Å². The van der Waals surface area contributed by atoms with E-state index in [0.717, 1.165) is 16.7 Å². The van der Waals surface area contributed by atoms with Crippen LogP contribution in [0, 0.1) is 10.1 Å². The first kappa shape index (κ1) is 18.3. The number of benzene rings is 2. The summed E-state index contributed by atoms with van der Waals surface area (Å²) in [4.78, 5) is 27.0. The largest absolute Gasteiger partial charge is 0.461 e. The number of nitro groups is 1. The van der Waals surface area contributed by atoms with Crippen molar-refractivity contribution in [1.29, 1.82) is 0 Å². The van der Waals surface area contributed by atoms with Crippen LogP contribution in [-0.2, 0) is 11.2 Å². The molecule has 0 fully saturated rings. The Balaban J connectivity index is 2.00. The lowest BCUT2D eigenvalue weighted by molar-refractivity contribution is -0.384. The zero-order chi connectivity index (χ0) is 19.2. The topological polar surface area (TPSA) is 82.3 Å². The number of carbonyl (C=O) groups is 1. The Labute approximate surface area is 156 Å². The Morgan fingerprint density at radius 1 is 1.04 bits per heavy atom. The Hall–Kier alpha value is -3.54. The van der Waals surface area contributed by atoms with E-state index in [1.54, 1.807) is 25.1 Å². The fraction of sp³-hybridized carbons (Fsp3) is 0.143. The number of aromatic nitrogens is 1. The molecule has 0 unspecified atom stereocenters. The van der Waals surface area contributed by atoms with Crippen LogP contribution in [0.25, 0.3) is 11.1 Å². The van der Waals surface area contributed by atoms with Crippen LogP contribution in [0.1, 0.15) is 28.7 Å². The maximum absolute atomic E-state index is 12.1. The van der Waals surface area contributed by atoms with Crippen LogP contribution < -0.4 is 0 Å². The van der Waals surface area contributed by atoms with Gasteiger partial charge in [-0.05, 0) is 24.1 Å². The van der Waals surface area contributed by atoms with E-state index in [4.69, 9.17) is 4.74 Å². The Bertz CT molecular complexity index is 954. The van der Waals surface area contributed by atoms with Gasteiger partial charge in [-0.15, -0.1) is 0 Å². The molecule has 6 nitrogen and oxygen atoms in total. The Kier molecular flexibility index (Phi) is 5.56. The van der Waals surface area contributed by atoms with Gasteiger partial charge in [0.05, 0.1) is 17.2 Å². The van der Waals surface area contributed by atoms with Crippen molar-refractivity contribution in [3.05, 3.63) is 93.8 Å². The van der Waals surface area contributed by atoms with Crippen molar-refractivity contribution in [2.24, 2.45) is 0 Å². The number of pyridine rings is 1. The minimum Gasteiger partial charge on any atom is -0.461 e. The number of rotatable bonds is 6. The van der Waals surface area contributed by atoms with Crippen molar-refractivity contribution in [3.8, 4) is 11.1 Å². The Morgan fingerprint density at radius 3 is 2.37 bits per heavy atom. The zero-order valence-corrected chi connectivity index (χ0v) is 14.8. The van der Waals surface area contributed by atoms with Crippen LogP contribution >= 0.6 is 0 Å². The van der Waals surface area contributed by atoms with Gasteiger partial charge in [0.2, 0.25) is 0 Å². The van der Waals surface area contributed by atoms with Crippen LogP contribution in [-0.4, -0.2) is 22.5 Å². The first-order valence-corrected chi connectivity index (χ1v) is 8.54. The molecular formula is C21H18N2O4. The molecular weight excluding hydrogens is 344 g/mol. The molecule has 0 radical (unpaired) electrons. The van der Waals surface area contributed by atoms with Gasteiger partial charge >= 0.3 is 5.97 Å². The van der Waals surface area contributed by atoms with Gasteiger partial charge in [0, 0.05) is 24.1 Å². The van der Waals surface area contributed by atoms with Gasteiger partial charge in [0.1, 0.15) is 5.69 Å². The maximum Gasteiger partial charge on any atom is 0.356 e. The van der Waals surface area contributed by atoms with Gasteiger partial charge in [-0.2, -0.15) is 0 Å². The summed E-state index contributed by atoms with van der Waals surface area (Å²) in [6.45, 7) is 2.02. The van der Waals surface area contributed by atoms with E-state index >= 15 is 0 Å². The summed E-state index contributed by atoms with van der Waals surface area (Å²) < 4.78 is 5.04. The lowest BCUT2D eigenvalue weighted by atomic mass is 9.99. The minimum absolute atomic E-state index is 0.0373. The molecule has 136 valence electrons. The van der Waals surface area contributed by atoms with Gasteiger partial charge in [0.15, 0.2) is 0 Å². The highest BCUT2D eigenvalue weighted by Crippen LogP contribution is 2.25. The molecule has 1 heterocycles. The first-order chi connectivity index (χ1) is 13.1. The fourth-order valence-electron chi connectivity index (χ4n) is 2.76. The second-order valence-electron chi connectivity index (χ2n) is 5.88. The zero-order valence-electron chi connectivity index (χ0n) is 14.8. The molecule has 0 aliphatic heterocycles. The number of ether oxygens (including phenoxy) is 1.